The maximum atomic E-state index is 14.0. The van der Waals surface area contributed by atoms with Crippen molar-refractivity contribution in [2.45, 2.75) is 6.42 Å². The first kappa shape index (κ1) is 12.1. The molecule has 0 amide bonds. The lowest BCUT2D eigenvalue weighted by Gasteiger charge is -2.09. The first-order valence-corrected chi connectivity index (χ1v) is 6.47. The third-order valence-electron chi connectivity index (χ3n) is 2.94. The van der Waals surface area contributed by atoms with E-state index in [1.165, 1.54) is 6.07 Å². The molecule has 0 unspecified atom stereocenters. The largest absolute Gasteiger partial charge is 0.293 e. The minimum absolute atomic E-state index is 0.283. The Bertz CT molecular complexity index is 724. The van der Waals surface area contributed by atoms with Gasteiger partial charge in [0, 0.05) is 18.5 Å². The second-order valence-corrected chi connectivity index (χ2v) is 4.50. The Morgan fingerprint density at radius 1 is 1.21 bits per heavy atom. The lowest BCUT2D eigenvalue weighted by atomic mass is 10.3. The predicted molar refractivity (Wildman–Crippen MR) is 73.2 cm³/mol. The quantitative estimate of drug-likeness (QED) is 0.687. The summed E-state index contributed by atoms with van der Waals surface area (Å²) in [5.74, 6) is 0.892. The number of rotatable bonds is 3. The van der Waals surface area contributed by atoms with Crippen LogP contribution in [-0.4, -0.2) is 20.4 Å². The van der Waals surface area contributed by atoms with Crippen molar-refractivity contribution >= 4 is 22.6 Å². The second-order valence-electron chi connectivity index (χ2n) is 4.12. The van der Waals surface area contributed by atoms with Gasteiger partial charge in [-0.1, -0.05) is 12.1 Å². The predicted octanol–water partition coefficient (Wildman–Crippen LogP) is 3.34. The van der Waals surface area contributed by atoms with Crippen LogP contribution in [0.3, 0.4) is 0 Å². The molecule has 0 aliphatic heterocycles. The Balaban J connectivity index is 2.31. The molecule has 0 atom stereocenters. The molecule has 1 aromatic carbocycles. The number of alkyl halides is 1. The van der Waals surface area contributed by atoms with E-state index >= 15 is 0 Å². The zero-order valence-electron chi connectivity index (χ0n) is 10.1. The number of nitrogens with zero attached hydrogens (tertiary/aromatic N) is 3. The van der Waals surface area contributed by atoms with Gasteiger partial charge in [-0.05, 0) is 18.2 Å². The normalized spacial score (nSPS) is 11.1. The number of pyridine rings is 1. The standard InChI is InChI=1S/C14H11ClFN3/c15-7-5-14-18-11-9-17-8-6-13(11)19(14)12-4-2-1-3-10(12)16/h1-4,6,8-9H,5,7H2. The summed E-state index contributed by atoms with van der Waals surface area (Å²) < 4.78 is 15.8. The van der Waals surface area contributed by atoms with E-state index in [9.17, 15) is 4.39 Å². The van der Waals surface area contributed by atoms with Gasteiger partial charge in [-0.2, -0.15) is 0 Å². The highest BCUT2D eigenvalue weighted by Gasteiger charge is 2.14. The molecule has 5 heteroatoms. The topological polar surface area (TPSA) is 30.7 Å². The van der Waals surface area contributed by atoms with Crippen molar-refractivity contribution in [3.63, 3.8) is 0 Å². The average Bonchev–Trinajstić information content (AvgIpc) is 2.78. The molecule has 0 saturated carbocycles. The van der Waals surface area contributed by atoms with E-state index in [1.807, 2.05) is 6.07 Å². The van der Waals surface area contributed by atoms with Gasteiger partial charge in [-0.25, -0.2) is 9.37 Å². The van der Waals surface area contributed by atoms with E-state index in [-0.39, 0.29) is 5.82 Å². The highest BCUT2D eigenvalue weighted by atomic mass is 35.5. The number of hydrogen-bond acceptors (Lipinski definition) is 2. The maximum Gasteiger partial charge on any atom is 0.147 e. The fourth-order valence-electron chi connectivity index (χ4n) is 2.14. The SMILES string of the molecule is Fc1ccccc1-n1c(CCCl)nc2cnccc21. The van der Waals surface area contributed by atoms with Crippen LogP contribution in [0, 0.1) is 5.82 Å². The van der Waals surface area contributed by atoms with Crippen LogP contribution in [-0.2, 0) is 6.42 Å². The molecule has 0 radical (unpaired) electrons. The lowest BCUT2D eigenvalue weighted by Crippen LogP contribution is -2.04. The lowest BCUT2D eigenvalue weighted by molar-refractivity contribution is 0.617. The van der Waals surface area contributed by atoms with Crippen LogP contribution in [0.15, 0.2) is 42.7 Å². The highest BCUT2D eigenvalue weighted by molar-refractivity contribution is 6.17. The van der Waals surface area contributed by atoms with Crippen LogP contribution in [0.4, 0.5) is 4.39 Å². The molecule has 96 valence electrons. The number of imidazole rings is 1. The van der Waals surface area contributed by atoms with Crippen LogP contribution >= 0.6 is 11.6 Å². The Morgan fingerprint density at radius 3 is 2.84 bits per heavy atom. The molecule has 0 spiro atoms. The van der Waals surface area contributed by atoms with E-state index in [0.29, 0.717) is 18.0 Å². The molecule has 0 aliphatic carbocycles. The van der Waals surface area contributed by atoms with Gasteiger partial charge in [-0.3, -0.25) is 9.55 Å². The third kappa shape index (κ3) is 2.08. The average molecular weight is 276 g/mol. The van der Waals surface area contributed by atoms with Gasteiger partial charge in [0.1, 0.15) is 17.2 Å². The third-order valence-corrected chi connectivity index (χ3v) is 3.13. The van der Waals surface area contributed by atoms with Gasteiger partial charge in [0.2, 0.25) is 0 Å². The number of hydrogen-bond donors (Lipinski definition) is 0. The molecule has 3 nitrogen and oxygen atoms in total. The number of aryl methyl sites for hydroxylation is 1. The molecule has 0 fully saturated rings. The number of aromatic nitrogens is 3. The minimum Gasteiger partial charge on any atom is -0.293 e. The first-order valence-electron chi connectivity index (χ1n) is 5.93. The molecular formula is C14H11ClFN3. The summed E-state index contributed by atoms with van der Waals surface area (Å²) in [5, 5.41) is 0. The molecule has 0 aliphatic rings. The molecular weight excluding hydrogens is 265 g/mol. The van der Waals surface area contributed by atoms with Crippen LogP contribution < -0.4 is 0 Å². The van der Waals surface area contributed by atoms with E-state index in [4.69, 9.17) is 11.6 Å². The summed E-state index contributed by atoms with van der Waals surface area (Å²) >= 11 is 5.80. The Hall–Kier alpha value is -1.94. The van der Waals surface area contributed by atoms with Crippen LogP contribution in [0.2, 0.25) is 0 Å². The van der Waals surface area contributed by atoms with Crippen molar-refractivity contribution in [3.05, 3.63) is 54.4 Å². The summed E-state index contributed by atoms with van der Waals surface area (Å²) in [7, 11) is 0. The number of halogens is 2. The maximum absolute atomic E-state index is 14.0. The molecule has 3 aromatic rings. The summed E-state index contributed by atoms with van der Waals surface area (Å²) in [6, 6.07) is 8.46. The fraction of sp³-hybridized carbons (Fsp3) is 0.143. The van der Waals surface area contributed by atoms with Gasteiger partial charge >= 0.3 is 0 Å². The van der Waals surface area contributed by atoms with Gasteiger partial charge in [-0.15, -0.1) is 11.6 Å². The summed E-state index contributed by atoms with van der Waals surface area (Å²) in [5.41, 5.74) is 2.06. The molecule has 0 saturated heterocycles. The number of benzene rings is 1. The summed E-state index contributed by atoms with van der Waals surface area (Å²) in [4.78, 5) is 8.51. The van der Waals surface area contributed by atoms with Crippen molar-refractivity contribution < 1.29 is 4.39 Å². The summed E-state index contributed by atoms with van der Waals surface area (Å²) in [6.07, 6.45) is 3.92. The summed E-state index contributed by atoms with van der Waals surface area (Å²) in [6.45, 7) is 0. The van der Waals surface area contributed by atoms with Crippen LogP contribution in [0.1, 0.15) is 5.82 Å². The second kappa shape index (κ2) is 4.97. The van der Waals surface area contributed by atoms with E-state index in [1.54, 1.807) is 35.2 Å². The first-order chi connectivity index (χ1) is 9.31. The smallest absolute Gasteiger partial charge is 0.147 e. The zero-order valence-corrected chi connectivity index (χ0v) is 10.8. The van der Waals surface area contributed by atoms with Crippen LogP contribution in [0.5, 0.6) is 0 Å². The van der Waals surface area contributed by atoms with Gasteiger partial charge < -0.3 is 0 Å². The molecule has 19 heavy (non-hydrogen) atoms. The van der Waals surface area contributed by atoms with Crippen molar-refractivity contribution in [3.8, 4) is 5.69 Å². The number of para-hydroxylation sites is 1. The Labute approximate surface area is 114 Å². The minimum atomic E-state index is -0.283. The van der Waals surface area contributed by atoms with E-state index in [2.05, 4.69) is 9.97 Å². The molecule has 2 heterocycles. The molecule has 2 aromatic heterocycles. The molecule has 0 N–H and O–H groups in total. The fourth-order valence-corrected chi connectivity index (χ4v) is 2.31. The van der Waals surface area contributed by atoms with Gasteiger partial charge in [0.15, 0.2) is 0 Å². The van der Waals surface area contributed by atoms with Crippen LogP contribution in [0.25, 0.3) is 16.7 Å². The van der Waals surface area contributed by atoms with Crippen molar-refractivity contribution in [2.24, 2.45) is 0 Å². The monoisotopic (exact) mass is 275 g/mol. The zero-order chi connectivity index (χ0) is 13.2. The van der Waals surface area contributed by atoms with E-state index < -0.39 is 0 Å². The Morgan fingerprint density at radius 2 is 2.05 bits per heavy atom. The molecule has 0 bridgehead atoms. The van der Waals surface area contributed by atoms with Gasteiger partial charge in [0.05, 0.1) is 17.4 Å². The molecule has 3 rings (SSSR count). The van der Waals surface area contributed by atoms with E-state index in [0.717, 1.165) is 16.9 Å². The number of fused-ring (bicyclic) bond motifs is 1. The van der Waals surface area contributed by atoms with Gasteiger partial charge in [0.25, 0.3) is 0 Å². The highest BCUT2D eigenvalue weighted by Crippen LogP contribution is 2.23. The Kier molecular flexibility index (Phi) is 3.17. The van der Waals surface area contributed by atoms with Crippen molar-refractivity contribution in [1.29, 1.82) is 0 Å². The van der Waals surface area contributed by atoms with Crippen molar-refractivity contribution in [2.75, 3.05) is 5.88 Å². The van der Waals surface area contributed by atoms with Crippen molar-refractivity contribution in [1.82, 2.24) is 14.5 Å².